The highest BCUT2D eigenvalue weighted by molar-refractivity contribution is 6.35. The Morgan fingerprint density at radius 1 is 1.27 bits per heavy atom. The van der Waals surface area contributed by atoms with Crippen molar-refractivity contribution >= 4 is 29.1 Å². The molecule has 6 heteroatoms. The number of halogens is 2. The van der Waals surface area contributed by atoms with Crippen molar-refractivity contribution in [3.8, 4) is 5.75 Å². The highest BCUT2D eigenvalue weighted by Crippen LogP contribution is 2.28. The molecule has 2 heterocycles. The molecule has 1 aliphatic rings. The molecule has 2 aromatic rings. The summed E-state index contributed by atoms with van der Waals surface area (Å²) in [6, 6.07) is 10.7. The molecule has 1 saturated heterocycles. The van der Waals surface area contributed by atoms with Crippen LogP contribution in [0.2, 0.25) is 10.0 Å². The SMILES string of the molecule is O=C(COc1ccc(Cl)cc1Cl)N1CC(c2ccccn2)C1. The van der Waals surface area contributed by atoms with Crippen LogP contribution in [0.25, 0.3) is 0 Å². The summed E-state index contributed by atoms with van der Waals surface area (Å²) in [6.07, 6.45) is 1.77. The smallest absolute Gasteiger partial charge is 0.260 e. The minimum Gasteiger partial charge on any atom is -0.482 e. The number of amides is 1. The summed E-state index contributed by atoms with van der Waals surface area (Å²) in [4.78, 5) is 18.1. The van der Waals surface area contributed by atoms with Gasteiger partial charge in [-0.2, -0.15) is 0 Å². The number of aromatic nitrogens is 1. The normalized spacial score (nSPS) is 14.5. The Kier molecular flexibility index (Phi) is 4.50. The second-order valence-electron chi connectivity index (χ2n) is 5.11. The Hall–Kier alpha value is -1.78. The Balaban J connectivity index is 1.50. The van der Waals surface area contributed by atoms with Crippen LogP contribution in [0.5, 0.6) is 5.75 Å². The Morgan fingerprint density at radius 2 is 2.09 bits per heavy atom. The number of carbonyl (C=O) groups is 1. The van der Waals surface area contributed by atoms with Gasteiger partial charge in [-0.05, 0) is 30.3 Å². The second-order valence-corrected chi connectivity index (χ2v) is 5.96. The van der Waals surface area contributed by atoms with Crippen molar-refractivity contribution in [2.24, 2.45) is 0 Å². The number of likely N-dealkylation sites (tertiary alicyclic amines) is 1. The number of rotatable bonds is 4. The molecular weight excluding hydrogens is 323 g/mol. The third-order valence-electron chi connectivity index (χ3n) is 3.59. The fourth-order valence-corrected chi connectivity index (χ4v) is 2.77. The molecule has 0 atom stereocenters. The average Bonchev–Trinajstić information content (AvgIpc) is 2.46. The van der Waals surface area contributed by atoms with E-state index in [1.807, 2.05) is 18.2 Å². The van der Waals surface area contributed by atoms with Crippen molar-refractivity contribution < 1.29 is 9.53 Å². The zero-order valence-electron chi connectivity index (χ0n) is 11.7. The van der Waals surface area contributed by atoms with E-state index < -0.39 is 0 Å². The van der Waals surface area contributed by atoms with Gasteiger partial charge >= 0.3 is 0 Å². The molecule has 0 N–H and O–H groups in total. The second kappa shape index (κ2) is 6.55. The van der Waals surface area contributed by atoms with Crippen molar-refractivity contribution in [1.82, 2.24) is 9.88 Å². The van der Waals surface area contributed by atoms with E-state index >= 15 is 0 Å². The summed E-state index contributed by atoms with van der Waals surface area (Å²) in [7, 11) is 0. The van der Waals surface area contributed by atoms with E-state index in [2.05, 4.69) is 4.98 Å². The van der Waals surface area contributed by atoms with Crippen LogP contribution in [0.15, 0.2) is 42.6 Å². The van der Waals surface area contributed by atoms with E-state index in [4.69, 9.17) is 27.9 Å². The van der Waals surface area contributed by atoms with Crippen LogP contribution in [-0.4, -0.2) is 35.5 Å². The molecular formula is C16H14Cl2N2O2. The van der Waals surface area contributed by atoms with Crippen molar-refractivity contribution in [3.63, 3.8) is 0 Å². The van der Waals surface area contributed by atoms with Crippen LogP contribution in [0, 0.1) is 0 Å². The zero-order chi connectivity index (χ0) is 15.5. The predicted molar refractivity (Wildman–Crippen MR) is 85.5 cm³/mol. The lowest BCUT2D eigenvalue weighted by atomic mass is 9.96. The minimum atomic E-state index is -0.0572. The van der Waals surface area contributed by atoms with Gasteiger partial charge in [0.1, 0.15) is 5.75 Å². The molecule has 22 heavy (non-hydrogen) atoms. The molecule has 1 aromatic carbocycles. The van der Waals surface area contributed by atoms with Crippen molar-refractivity contribution in [2.75, 3.05) is 19.7 Å². The molecule has 3 rings (SSSR count). The Labute approximate surface area is 138 Å². The van der Waals surface area contributed by atoms with E-state index in [9.17, 15) is 4.79 Å². The Bertz CT molecular complexity index is 673. The van der Waals surface area contributed by atoms with Gasteiger partial charge in [0.25, 0.3) is 5.91 Å². The molecule has 0 aliphatic carbocycles. The van der Waals surface area contributed by atoms with E-state index in [1.54, 1.807) is 29.3 Å². The fourth-order valence-electron chi connectivity index (χ4n) is 2.31. The number of pyridine rings is 1. The molecule has 1 aromatic heterocycles. The molecule has 0 saturated carbocycles. The largest absolute Gasteiger partial charge is 0.482 e. The lowest BCUT2D eigenvalue weighted by molar-refractivity contribution is -0.137. The first-order valence-electron chi connectivity index (χ1n) is 6.90. The van der Waals surface area contributed by atoms with Crippen molar-refractivity contribution in [3.05, 3.63) is 58.3 Å². The van der Waals surface area contributed by atoms with Gasteiger partial charge in [0, 0.05) is 35.9 Å². The highest BCUT2D eigenvalue weighted by Gasteiger charge is 2.32. The molecule has 114 valence electrons. The molecule has 0 spiro atoms. The third kappa shape index (κ3) is 3.34. The fraction of sp³-hybridized carbons (Fsp3) is 0.250. The highest BCUT2D eigenvalue weighted by atomic mass is 35.5. The number of hydrogen-bond donors (Lipinski definition) is 0. The molecule has 1 amide bonds. The summed E-state index contributed by atoms with van der Waals surface area (Å²) < 4.78 is 5.45. The number of hydrogen-bond acceptors (Lipinski definition) is 3. The lowest BCUT2D eigenvalue weighted by Gasteiger charge is -2.38. The van der Waals surface area contributed by atoms with Gasteiger partial charge < -0.3 is 9.64 Å². The van der Waals surface area contributed by atoms with Gasteiger partial charge in [0.05, 0.1) is 5.02 Å². The van der Waals surface area contributed by atoms with Gasteiger partial charge in [-0.3, -0.25) is 9.78 Å². The van der Waals surface area contributed by atoms with E-state index in [1.165, 1.54) is 0 Å². The van der Waals surface area contributed by atoms with E-state index in [-0.39, 0.29) is 12.5 Å². The molecule has 0 unspecified atom stereocenters. The van der Waals surface area contributed by atoms with Gasteiger partial charge in [-0.1, -0.05) is 29.3 Å². The third-order valence-corrected chi connectivity index (χ3v) is 4.12. The lowest BCUT2D eigenvalue weighted by Crippen LogP contribution is -2.50. The van der Waals surface area contributed by atoms with Crippen LogP contribution in [0.3, 0.4) is 0 Å². The summed E-state index contributed by atoms with van der Waals surface area (Å²) >= 11 is 11.8. The first-order valence-corrected chi connectivity index (χ1v) is 7.65. The van der Waals surface area contributed by atoms with Crippen LogP contribution < -0.4 is 4.74 Å². The summed E-state index contributed by atoms with van der Waals surface area (Å²) in [5.41, 5.74) is 1.02. The van der Waals surface area contributed by atoms with Crippen molar-refractivity contribution in [2.45, 2.75) is 5.92 Å². The van der Waals surface area contributed by atoms with Gasteiger partial charge in [-0.25, -0.2) is 0 Å². The van der Waals surface area contributed by atoms with Crippen LogP contribution in [-0.2, 0) is 4.79 Å². The van der Waals surface area contributed by atoms with Crippen molar-refractivity contribution in [1.29, 1.82) is 0 Å². The minimum absolute atomic E-state index is 0.0315. The van der Waals surface area contributed by atoms with Gasteiger partial charge in [0.15, 0.2) is 6.61 Å². The van der Waals surface area contributed by atoms with E-state index in [0.29, 0.717) is 34.8 Å². The molecule has 1 aliphatic heterocycles. The molecule has 4 nitrogen and oxygen atoms in total. The Morgan fingerprint density at radius 3 is 2.77 bits per heavy atom. The first-order chi connectivity index (χ1) is 10.6. The quantitative estimate of drug-likeness (QED) is 0.859. The van der Waals surface area contributed by atoms with Gasteiger partial charge in [-0.15, -0.1) is 0 Å². The number of carbonyl (C=O) groups excluding carboxylic acids is 1. The van der Waals surface area contributed by atoms with E-state index in [0.717, 1.165) is 5.69 Å². The summed E-state index contributed by atoms with van der Waals surface area (Å²) in [5, 5.41) is 0.930. The van der Waals surface area contributed by atoms with Crippen LogP contribution >= 0.6 is 23.2 Å². The summed E-state index contributed by atoms with van der Waals surface area (Å²) in [6.45, 7) is 1.32. The van der Waals surface area contributed by atoms with Crippen LogP contribution in [0.4, 0.5) is 0 Å². The van der Waals surface area contributed by atoms with Gasteiger partial charge in [0.2, 0.25) is 0 Å². The number of benzene rings is 1. The molecule has 1 fully saturated rings. The maximum atomic E-state index is 12.1. The standard InChI is InChI=1S/C16H14Cl2N2O2/c17-12-4-5-15(13(18)7-12)22-10-16(21)20-8-11(9-20)14-3-1-2-6-19-14/h1-7,11H,8-10H2. The topological polar surface area (TPSA) is 42.4 Å². The molecule has 0 radical (unpaired) electrons. The number of nitrogens with zero attached hydrogens (tertiary/aromatic N) is 2. The number of ether oxygens (including phenoxy) is 1. The van der Waals surface area contributed by atoms with Crippen LogP contribution in [0.1, 0.15) is 11.6 Å². The summed E-state index contributed by atoms with van der Waals surface area (Å²) in [5.74, 6) is 0.712. The predicted octanol–water partition coefficient (Wildman–Crippen LogP) is 3.39. The molecule has 0 bridgehead atoms. The zero-order valence-corrected chi connectivity index (χ0v) is 13.2. The monoisotopic (exact) mass is 336 g/mol. The maximum Gasteiger partial charge on any atom is 0.260 e. The average molecular weight is 337 g/mol. The first kappa shape index (κ1) is 15.1. The maximum absolute atomic E-state index is 12.1.